The van der Waals surface area contributed by atoms with Crippen molar-refractivity contribution in [1.82, 2.24) is 5.32 Å². The first-order valence-electron chi connectivity index (χ1n) is 6.17. The summed E-state index contributed by atoms with van der Waals surface area (Å²) in [6.45, 7) is 5.66. The van der Waals surface area contributed by atoms with E-state index in [0.29, 0.717) is 6.04 Å². The molecule has 1 aliphatic rings. The molecule has 0 aromatic heterocycles. The van der Waals surface area contributed by atoms with E-state index in [-0.39, 0.29) is 0 Å². The van der Waals surface area contributed by atoms with Gasteiger partial charge in [-0.15, -0.1) is 0 Å². The molecule has 1 aromatic rings. The molecule has 0 aliphatic carbocycles. The van der Waals surface area contributed by atoms with Crippen molar-refractivity contribution < 1.29 is 0 Å². The van der Waals surface area contributed by atoms with Gasteiger partial charge in [0.2, 0.25) is 0 Å². The van der Waals surface area contributed by atoms with Crippen LogP contribution in [0.2, 0.25) is 0 Å². The zero-order valence-electron chi connectivity index (χ0n) is 9.79. The van der Waals surface area contributed by atoms with Crippen molar-refractivity contribution in [2.45, 2.75) is 45.1 Å². The van der Waals surface area contributed by atoms with Gasteiger partial charge in [0.15, 0.2) is 0 Å². The zero-order valence-corrected chi connectivity index (χ0v) is 9.79. The monoisotopic (exact) mass is 203 g/mol. The third-order valence-corrected chi connectivity index (χ3v) is 3.60. The zero-order chi connectivity index (χ0) is 10.7. The van der Waals surface area contributed by atoms with Gasteiger partial charge in [0.1, 0.15) is 0 Å². The predicted octanol–water partition coefficient (Wildman–Crippen LogP) is 3.10. The maximum absolute atomic E-state index is 3.58. The van der Waals surface area contributed by atoms with Crippen LogP contribution in [0.5, 0.6) is 0 Å². The van der Waals surface area contributed by atoms with Gasteiger partial charge in [-0.25, -0.2) is 0 Å². The van der Waals surface area contributed by atoms with Crippen LogP contribution in [-0.4, -0.2) is 12.6 Å². The van der Waals surface area contributed by atoms with E-state index < -0.39 is 0 Å². The van der Waals surface area contributed by atoms with Gasteiger partial charge in [0, 0.05) is 12.0 Å². The number of nitrogens with one attached hydrogen (secondary N) is 1. The van der Waals surface area contributed by atoms with E-state index in [9.17, 15) is 0 Å². The van der Waals surface area contributed by atoms with E-state index in [0.717, 1.165) is 12.3 Å². The Morgan fingerprint density at radius 3 is 2.53 bits per heavy atom. The van der Waals surface area contributed by atoms with Gasteiger partial charge in [0.25, 0.3) is 0 Å². The number of rotatable bonds is 3. The summed E-state index contributed by atoms with van der Waals surface area (Å²) >= 11 is 0. The molecule has 1 nitrogen and oxygen atoms in total. The first-order valence-corrected chi connectivity index (χ1v) is 6.17. The third kappa shape index (κ3) is 2.23. The van der Waals surface area contributed by atoms with Crippen LogP contribution in [0.3, 0.4) is 0 Å². The molecular weight excluding hydrogens is 182 g/mol. The first kappa shape index (κ1) is 10.7. The molecule has 1 heterocycles. The van der Waals surface area contributed by atoms with Crippen LogP contribution < -0.4 is 5.32 Å². The Morgan fingerprint density at radius 1 is 1.20 bits per heavy atom. The van der Waals surface area contributed by atoms with E-state index in [2.05, 4.69) is 43.4 Å². The standard InChI is InChI=1S/C14H21N/c1-3-11-5-7-12(8-6-11)13-9-10-15-14(13)4-2/h5-8,13-15H,3-4,9-10H2,1-2H3. The Balaban J connectivity index is 2.14. The topological polar surface area (TPSA) is 12.0 Å². The number of hydrogen-bond donors (Lipinski definition) is 1. The Hall–Kier alpha value is -0.820. The molecule has 0 amide bonds. The smallest absolute Gasteiger partial charge is 0.0134 e. The molecule has 2 unspecified atom stereocenters. The average molecular weight is 203 g/mol. The second-order valence-electron chi connectivity index (χ2n) is 4.46. The van der Waals surface area contributed by atoms with Gasteiger partial charge < -0.3 is 5.32 Å². The molecule has 1 aliphatic heterocycles. The van der Waals surface area contributed by atoms with Crippen LogP contribution in [0.1, 0.15) is 43.7 Å². The molecule has 1 N–H and O–H groups in total. The van der Waals surface area contributed by atoms with Crippen molar-refractivity contribution in [2.75, 3.05) is 6.54 Å². The lowest BCUT2D eigenvalue weighted by atomic mass is 9.90. The average Bonchev–Trinajstić information content (AvgIpc) is 2.77. The van der Waals surface area contributed by atoms with Crippen molar-refractivity contribution in [3.05, 3.63) is 35.4 Å². The predicted molar refractivity (Wildman–Crippen MR) is 65.3 cm³/mol. The summed E-state index contributed by atoms with van der Waals surface area (Å²) in [5.41, 5.74) is 2.96. The molecule has 0 saturated carbocycles. The molecule has 0 spiro atoms. The second-order valence-corrected chi connectivity index (χ2v) is 4.46. The van der Waals surface area contributed by atoms with Gasteiger partial charge in [-0.2, -0.15) is 0 Å². The van der Waals surface area contributed by atoms with Crippen molar-refractivity contribution >= 4 is 0 Å². The molecule has 1 fully saturated rings. The highest BCUT2D eigenvalue weighted by molar-refractivity contribution is 5.27. The van der Waals surface area contributed by atoms with E-state index >= 15 is 0 Å². The summed E-state index contributed by atoms with van der Waals surface area (Å²) in [4.78, 5) is 0. The van der Waals surface area contributed by atoms with E-state index in [1.807, 2.05) is 0 Å². The Bertz CT molecular complexity index is 302. The number of benzene rings is 1. The van der Waals surface area contributed by atoms with Gasteiger partial charge in [-0.05, 0) is 36.9 Å². The first-order chi connectivity index (χ1) is 7.35. The van der Waals surface area contributed by atoms with Crippen molar-refractivity contribution in [1.29, 1.82) is 0 Å². The highest BCUT2D eigenvalue weighted by atomic mass is 14.9. The van der Waals surface area contributed by atoms with Crippen molar-refractivity contribution in [3.63, 3.8) is 0 Å². The highest BCUT2D eigenvalue weighted by Crippen LogP contribution is 2.29. The van der Waals surface area contributed by atoms with Crippen LogP contribution in [0.15, 0.2) is 24.3 Å². The van der Waals surface area contributed by atoms with Crippen molar-refractivity contribution in [2.24, 2.45) is 0 Å². The quantitative estimate of drug-likeness (QED) is 0.796. The van der Waals surface area contributed by atoms with Gasteiger partial charge in [-0.3, -0.25) is 0 Å². The summed E-state index contributed by atoms with van der Waals surface area (Å²) in [6, 6.07) is 9.89. The maximum Gasteiger partial charge on any atom is 0.0134 e. The molecule has 0 radical (unpaired) electrons. The normalized spacial score (nSPS) is 25.7. The molecular formula is C14H21N. The lowest BCUT2D eigenvalue weighted by Crippen LogP contribution is -2.24. The van der Waals surface area contributed by atoms with E-state index in [1.54, 1.807) is 0 Å². The maximum atomic E-state index is 3.58. The lowest BCUT2D eigenvalue weighted by molar-refractivity contribution is 0.531. The Kier molecular flexibility index (Phi) is 3.42. The summed E-state index contributed by atoms with van der Waals surface area (Å²) < 4.78 is 0. The molecule has 2 atom stereocenters. The molecule has 2 rings (SSSR count). The molecule has 1 saturated heterocycles. The van der Waals surface area contributed by atoms with E-state index in [4.69, 9.17) is 0 Å². The summed E-state index contributed by atoms with van der Waals surface area (Å²) in [5.74, 6) is 0.737. The van der Waals surface area contributed by atoms with Gasteiger partial charge >= 0.3 is 0 Å². The fourth-order valence-corrected chi connectivity index (χ4v) is 2.60. The molecule has 1 aromatic carbocycles. The van der Waals surface area contributed by atoms with Crippen molar-refractivity contribution in [3.8, 4) is 0 Å². The third-order valence-electron chi connectivity index (χ3n) is 3.60. The molecule has 1 heteroatoms. The molecule has 15 heavy (non-hydrogen) atoms. The number of hydrogen-bond acceptors (Lipinski definition) is 1. The van der Waals surface area contributed by atoms with Gasteiger partial charge in [0.05, 0.1) is 0 Å². The summed E-state index contributed by atoms with van der Waals surface area (Å²) in [6.07, 6.45) is 3.67. The lowest BCUT2D eigenvalue weighted by Gasteiger charge is -2.18. The summed E-state index contributed by atoms with van der Waals surface area (Å²) in [7, 11) is 0. The largest absolute Gasteiger partial charge is 0.313 e. The Labute approximate surface area is 92.9 Å². The van der Waals surface area contributed by atoms with E-state index in [1.165, 1.54) is 30.5 Å². The Morgan fingerprint density at radius 2 is 1.93 bits per heavy atom. The van der Waals surface area contributed by atoms with Crippen LogP contribution in [0, 0.1) is 0 Å². The minimum atomic E-state index is 0.692. The van der Waals surface area contributed by atoms with Crippen LogP contribution in [0.4, 0.5) is 0 Å². The number of aryl methyl sites for hydroxylation is 1. The minimum Gasteiger partial charge on any atom is -0.313 e. The van der Waals surface area contributed by atoms with Crippen LogP contribution >= 0.6 is 0 Å². The minimum absolute atomic E-state index is 0.692. The van der Waals surface area contributed by atoms with Crippen LogP contribution in [0.25, 0.3) is 0 Å². The SMILES string of the molecule is CCc1ccc(C2CCNC2CC)cc1. The fraction of sp³-hybridized carbons (Fsp3) is 0.571. The molecule has 0 bridgehead atoms. The summed E-state index contributed by atoms with van der Waals surface area (Å²) in [5, 5.41) is 3.58. The molecule has 82 valence electrons. The van der Waals surface area contributed by atoms with Gasteiger partial charge in [-0.1, -0.05) is 38.1 Å². The second kappa shape index (κ2) is 4.80. The fourth-order valence-electron chi connectivity index (χ4n) is 2.60. The highest BCUT2D eigenvalue weighted by Gasteiger charge is 2.26. The van der Waals surface area contributed by atoms with Crippen LogP contribution in [-0.2, 0) is 6.42 Å².